The van der Waals surface area contributed by atoms with Crippen LogP contribution < -0.4 is 16.6 Å². The smallest absolute Gasteiger partial charge is 0.324 e. The maximum Gasteiger partial charge on any atom is 0.332 e. The van der Waals surface area contributed by atoms with E-state index in [1.807, 2.05) is 39.0 Å². The maximum absolute atomic E-state index is 12.8. The van der Waals surface area contributed by atoms with Crippen molar-refractivity contribution in [2.75, 3.05) is 5.32 Å². The van der Waals surface area contributed by atoms with E-state index >= 15 is 0 Å². The molecule has 0 unspecified atom stereocenters. The van der Waals surface area contributed by atoms with Crippen molar-refractivity contribution in [3.8, 4) is 0 Å². The first-order valence-corrected chi connectivity index (χ1v) is 9.39. The zero-order chi connectivity index (χ0) is 18.8. The van der Waals surface area contributed by atoms with Crippen molar-refractivity contribution in [3.05, 3.63) is 61.6 Å². The van der Waals surface area contributed by atoms with E-state index in [1.165, 1.54) is 20.5 Å². The largest absolute Gasteiger partial charge is 0.332 e. The van der Waals surface area contributed by atoms with Gasteiger partial charge in [-0.15, -0.1) is 11.3 Å². The highest BCUT2D eigenvalue weighted by atomic mass is 32.1. The molecule has 26 heavy (non-hydrogen) atoms. The highest BCUT2D eigenvalue weighted by Gasteiger charge is 2.16. The van der Waals surface area contributed by atoms with Crippen molar-refractivity contribution in [2.45, 2.75) is 40.3 Å². The highest BCUT2D eigenvalue weighted by Crippen LogP contribution is 2.20. The van der Waals surface area contributed by atoms with Gasteiger partial charge >= 0.3 is 5.69 Å². The van der Waals surface area contributed by atoms with Crippen molar-refractivity contribution < 1.29 is 4.79 Å². The van der Waals surface area contributed by atoms with Crippen LogP contribution in [0.5, 0.6) is 0 Å². The van der Waals surface area contributed by atoms with Crippen molar-refractivity contribution in [3.63, 3.8) is 0 Å². The summed E-state index contributed by atoms with van der Waals surface area (Å²) in [5, 5.41) is 4.66. The molecule has 1 aromatic carbocycles. The number of hydrogen-bond donors (Lipinski definition) is 1. The molecule has 0 aliphatic rings. The molecule has 0 aliphatic carbocycles. The number of amides is 1. The number of para-hydroxylation sites is 1. The number of aromatic nitrogens is 2. The van der Waals surface area contributed by atoms with Gasteiger partial charge in [-0.1, -0.05) is 25.1 Å². The van der Waals surface area contributed by atoms with Crippen LogP contribution in [0.25, 0.3) is 10.2 Å². The Morgan fingerprint density at radius 1 is 1.12 bits per heavy atom. The predicted molar refractivity (Wildman–Crippen MR) is 105 cm³/mol. The minimum Gasteiger partial charge on any atom is -0.324 e. The first-order chi connectivity index (χ1) is 12.4. The number of thiophene rings is 1. The first-order valence-electron chi connectivity index (χ1n) is 8.51. The average Bonchev–Trinajstić information content (AvgIpc) is 3.09. The van der Waals surface area contributed by atoms with E-state index in [2.05, 4.69) is 5.32 Å². The van der Waals surface area contributed by atoms with E-state index in [0.717, 1.165) is 16.8 Å². The normalized spacial score (nSPS) is 11.0. The van der Waals surface area contributed by atoms with Crippen molar-refractivity contribution >= 4 is 33.1 Å². The molecule has 0 atom stereocenters. The Morgan fingerprint density at radius 2 is 1.81 bits per heavy atom. The zero-order valence-corrected chi connectivity index (χ0v) is 15.9. The zero-order valence-electron chi connectivity index (χ0n) is 15.0. The van der Waals surface area contributed by atoms with E-state index < -0.39 is 5.69 Å². The molecule has 0 fully saturated rings. The lowest BCUT2D eigenvalue weighted by atomic mass is 10.1. The quantitative estimate of drug-likeness (QED) is 0.749. The summed E-state index contributed by atoms with van der Waals surface area (Å²) < 4.78 is 3.09. The molecule has 1 N–H and O–H groups in total. The third kappa shape index (κ3) is 3.22. The summed E-state index contributed by atoms with van der Waals surface area (Å²) >= 11 is 1.29. The molecule has 0 saturated carbocycles. The molecule has 0 aliphatic heterocycles. The fourth-order valence-corrected chi connectivity index (χ4v) is 3.88. The Balaban J connectivity index is 2.01. The fourth-order valence-electron chi connectivity index (χ4n) is 3.04. The Morgan fingerprint density at radius 3 is 2.46 bits per heavy atom. The number of anilines is 1. The minimum atomic E-state index is -0.445. The van der Waals surface area contributed by atoms with Gasteiger partial charge in [-0.25, -0.2) is 4.79 Å². The topological polar surface area (TPSA) is 73.1 Å². The standard InChI is InChI=1S/C19H21N3O3S/c1-4-9-21-18(24)17-14(8-10-26-17)22(19(21)25)11-15(23)20-16-12(2)6-5-7-13(16)3/h5-8,10H,4,9,11H2,1-3H3,(H,20,23). The molecule has 3 aromatic rings. The predicted octanol–water partition coefficient (Wildman–Crippen LogP) is 2.89. The first kappa shape index (κ1) is 18.1. The molecule has 3 rings (SSSR count). The van der Waals surface area contributed by atoms with Crippen LogP contribution in [0.15, 0.2) is 39.2 Å². The molecule has 0 radical (unpaired) electrons. The second-order valence-corrected chi connectivity index (χ2v) is 7.19. The number of nitrogens with zero attached hydrogens (tertiary/aromatic N) is 2. The summed E-state index contributed by atoms with van der Waals surface area (Å²) in [4.78, 5) is 37.8. The van der Waals surface area contributed by atoms with Crippen LogP contribution in [0.2, 0.25) is 0 Å². The molecule has 7 heteroatoms. The summed E-state index contributed by atoms with van der Waals surface area (Å²) in [7, 11) is 0. The van der Waals surface area contributed by atoms with Gasteiger partial charge in [-0.3, -0.25) is 18.7 Å². The lowest BCUT2D eigenvalue weighted by Gasteiger charge is -2.14. The molecular weight excluding hydrogens is 350 g/mol. The van der Waals surface area contributed by atoms with Gasteiger partial charge in [-0.05, 0) is 42.8 Å². The SMILES string of the molecule is CCCn1c(=O)c2sccc2n(CC(=O)Nc2c(C)cccc2C)c1=O. The van der Waals surface area contributed by atoms with E-state index in [9.17, 15) is 14.4 Å². The van der Waals surface area contributed by atoms with Crippen LogP contribution in [-0.2, 0) is 17.9 Å². The van der Waals surface area contributed by atoms with Gasteiger partial charge in [0.1, 0.15) is 11.2 Å². The number of carbonyl (C=O) groups is 1. The van der Waals surface area contributed by atoms with Gasteiger partial charge in [0.25, 0.3) is 5.56 Å². The molecule has 136 valence electrons. The van der Waals surface area contributed by atoms with E-state index in [1.54, 1.807) is 11.4 Å². The third-order valence-corrected chi connectivity index (χ3v) is 5.22. The van der Waals surface area contributed by atoms with Gasteiger partial charge in [0, 0.05) is 12.2 Å². The van der Waals surface area contributed by atoms with Gasteiger partial charge in [0.2, 0.25) is 5.91 Å². The van der Waals surface area contributed by atoms with Crippen LogP contribution in [0.1, 0.15) is 24.5 Å². The van der Waals surface area contributed by atoms with E-state index in [0.29, 0.717) is 23.2 Å². The summed E-state index contributed by atoms with van der Waals surface area (Å²) in [5.74, 6) is -0.293. The maximum atomic E-state index is 12.8. The van der Waals surface area contributed by atoms with Crippen LogP contribution in [0, 0.1) is 13.8 Å². The molecular formula is C19H21N3O3S. The number of benzene rings is 1. The Kier molecular flexibility index (Phi) is 5.08. The van der Waals surface area contributed by atoms with E-state index in [4.69, 9.17) is 0 Å². The van der Waals surface area contributed by atoms with Crippen LogP contribution in [0.3, 0.4) is 0 Å². The van der Waals surface area contributed by atoms with Gasteiger partial charge in [-0.2, -0.15) is 0 Å². The second-order valence-electron chi connectivity index (χ2n) is 6.28. The highest BCUT2D eigenvalue weighted by molar-refractivity contribution is 7.17. The van der Waals surface area contributed by atoms with Crippen molar-refractivity contribution in [1.82, 2.24) is 9.13 Å². The molecule has 0 bridgehead atoms. The number of nitrogens with one attached hydrogen (secondary N) is 1. The summed E-state index contributed by atoms with van der Waals surface area (Å²) in [5.41, 5.74) is 2.46. The molecule has 6 nitrogen and oxygen atoms in total. The third-order valence-electron chi connectivity index (χ3n) is 4.33. The monoisotopic (exact) mass is 371 g/mol. The van der Waals surface area contributed by atoms with E-state index in [-0.39, 0.29) is 18.0 Å². The number of hydrogen-bond acceptors (Lipinski definition) is 4. The summed E-state index contributed by atoms with van der Waals surface area (Å²) in [6.07, 6.45) is 0.667. The Labute approximate surface area is 154 Å². The minimum absolute atomic E-state index is 0.135. The number of fused-ring (bicyclic) bond motifs is 1. The summed E-state index contributed by atoms with van der Waals surface area (Å²) in [6, 6.07) is 7.49. The number of aryl methyl sites for hydroxylation is 2. The van der Waals surface area contributed by atoms with Crippen molar-refractivity contribution in [2.24, 2.45) is 0 Å². The lowest BCUT2D eigenvalue weighted by molar-refractivity contribution is -0.116. The lowest BCUT2D eigenvalue weighted by Crippen LogP contribution is -2.41. The molecule has 2 aromatic heterocycles. The number of rotatable bonds is 5. The average molecular weight is 371 g/mol. The number of carbonyl (C=O) groups excluding carboxylic acids is 1. The Bertz CT molecular complexity index is 1070. The Hall–Kier alpha value is -2.67. The molecule has 0 saturated heterocycles. The van der Waals surface area contributed by atoms with Gasteiger partial charge < -0.3 is 5.32 Å². The van der Waals surface area contributed by atoms with Crippen LogP contribution >= 0.6 is 11.3 Å². The second kappa shape index (κ2) is 7.29. The molecule has 2 heterocycles. The summed E-state index contributed by atoms with van der Waals surface area (Å²) in [6.45, 7) is 5.96. The van der Waals surface area contributed by atoms with Gasteiger partial charge in [0.15, 0.2) is 0 Å². The van der Waals surface area contributed by atoms with Crippen LogP contribution in [-0.4, -0.2) is 15.0 Å². The molecule has 1 amide bonds. The fraction of sp³-hybridized carbons (Fsp3) is 0.316. The van der Waals surface area contributed by atoms with Crippen molar-refractivity contribution in [1.29, 1.82) is 0 Å². The van der Waals surface area contributed by atoms with Crippen LogP contribution in [0.4, 0.5) is 5.69 Å². The van der Waals surface area contributed by atoms with Gasteiger partial charge in [0.05, 0.1) is 5.52 Å². The molecule has 0 spiro atoms.